The molecule has 0 atom stereocenters. The second-order valence-electron chi connectivity index (χ2n) is 7.74. The van der Waals surface area contributed by atoms with Crippen LogP contribution in [0.4, 0.5) is 16.4 Å². The van der Waals surface area contributed by atoms with Crippen LogP contribution in [0.2, 0.25) is 0 Å². The number of aliphatic hydroxyl groups is 3. The molecule has 0 unspecified atom stereocenters. The molecule has 0 radical (unpaired) electrons. The summed E-state index contributed by atoms with van der Waals surface area (Å²) in [6, 6.07) is 7.51. The molecule has 0 bridgehead atoms. The summed E-state index contributed by atoms with van der Waals surface area (Å²) in [5, 5.41) is 55.3. The number of aliphatic hydroxyl groups excluding tert-OH is 3. The van der Waals surface area contributed by atoms with Gasteiger partial charge in [0.25, 0.3) is 0 Å². The number of hydrogen-bond donors (Lipinski definition) is 3. The summed E-state index contributed by atoms with van der Waals surface area (Å²) in [5.74, 6) is 0.477. The van der Waals surface area contributed by atoms with E-state index in [0.717, 1.165) is 11.3 Å². The molecule has 0 saturated carbocycles. The zero-order valence-corrected chi connectivity index (χ0v) is 22.4. The molecule has 0 spiro atoms. The number of anilines is 1. The zero-order chi connectivity index (χ0) is 27.8. The van der Waals surface area contributed by atoms with E-state index in [1.165, 1.54) is 7.11 Å². The van der Waals surface area contributed by atoms with Crippen LogP contribution in [0.5, 0.6) is 5.75 Å². The minimum atomic E-state index is -0.323. The van der Waals surface area contributed by atoms with E-state index < -0.39 is 0 Å². The van der Waals surface area contributed by atoms with Gasteiger partial charge in [-0.2, -0.15) is 10.5 Å². The molecule has 3 N–H and O–H groups in total. The molecule has 1 aromatic carbocycles. The van der Waals surface area contributed by atoms with Gasteiger partial charge >= 0.3 is 0 Å². The average molecular weight is 548 g/mol. The highest BCUT2D eigenvalue weighted by atomic mass is 32.1. The summed E-state index contributed by atoms with van der Waals surface area (Å²) in [6.07, 6.45) is 0. The van der Waals surface area contributed by atoms with E-state index in [4.69, 9.17) is 29.2 Å². The second kappa shape index (κ2) is 17.4. The maximum atomic E-state index is 10.1. The Labute approximate surface area is 225 Å². The van der Waals surface area contributed by atoms with Gasteiger partial charge < -0.3 is 39.2 Å². The van der Waals surface area contributed by atoms with E-state index in [2.05, 4.69) is 22.4 Å². The fraction of sp³-hybridized carbons (Fsp3) is 0.520. The lowest BCUT2D eigenvalue weighted by molar-refractivity contribution is 0.0347. The topological polar surface area (TPSA) is 173 Å². The molecule has 0 amide bonds. The molecular weight excluding hydrogens is 514 g/mol. The quantitative estimate of drug-likeness (QED) is 0.186. The SMILES string of the molecule is COc1cc(N=Nc2sc(C#N)c(C)c2C#N)c(CO)cc1N(CCOCCO)CCOCCOCCO. The molecule has 13 heteroatoms. The van der Waals surface area contributed by atoms with Gasteiger partial charge in [0, 0.05) is 24.7 Å². The molecule has 0 fully saturated rings. The lowest BCUT2D eigenvalue weighted by Crippen LogP contribution is -2.32. The Kier molecular flexibility index (Phi) is 14.2. The lowest BCUT2D eigenvalue weighted by Gasteiger charge is -2.27. The summed E-state index contributed by atoms with van der Waals surface area (Å²) in [5.41, 5.74) is 2.37. The molecule has 12 nitrogen and oxygen atoms in total. The van der Waals surface area contributed by atoms with Crippen LogP contribution < -0.4 is 9.64 Å². The van der Waals surface area contributed by atoms with Gasteiger partial charge in [0.1, 0.15) is 22.8 Å². The fourth-order valence-electron chi connectivity index (χ4n) is 3.39. The number of nitriles is 2. The number of rotatable bonds is 18. The summed E-state index contributed by atoms with van der Waals surface area (Å²) < 4.78 is 21.9. The number of methoxy groups -OCH3 is 1. The number of benzene rings is 1. The second-order valence-corrected chi connectivity index (χ2v) is 8.74. The van der Waals surface area contributed by atoms with Gasteiger partial charge in [-0.05, 0) is 18.6 Å². The Balaban J connectivity index is 2.29. The predicted molar refractivity (Wildman–Crippen MR) is 140 cm³/mol. The summed E-state index contributed by atoms with van der Waals surface area (Å²) in [4.78, 5) is 2.37. The molecule has 38 heavy (non-hydrogen) atoms. The first-order chi connectivity index (χ1) is 18.5. The maximum Gasteiger partial charge on any atom is 0.158 e. The first-order valence-corrected chi connectivity index (χ1v) is 12.7. The Hall–Kier alpha value is -3.14. The molecule has 0 aliphatic heterocycles. The van der Waals surface area contributed by atoms with Gasteiger partial charge in [-0.3, -0.25) is 0 Å². The van der Waals surface area contributed by atoms with Gasteiger partial charge in [-0.15, -0.1) is 21.6 Å². The zero-order valence-electron chi connectivity index (χ0n) is 21.6. The van der Waals surface area contributed by atoms with E-state index >= 15 is 0 Å². The third kappa shape index (κ3) is 9.01. The average Bonchev–Trinajstić information content (AvgIpc) is 3.25. The fourth-order valence-corrected chi connectivity index (χ4v) is 4.27. The van der Waals surface area contributed by atoms with Gasteiger partial charge in [0.05, 0.1) is 83.5 Å². The third-order valence-corrected chi connectivity index (χ3v) is 6.42. The monoisotopic (exact) mass is 547 g/mol. The van der Waals surface area contributed by atoms with Crippen molar-refractivity contribution in [3.63, 3.8) is 0 Å². The Morgan fingerprint density at radius 1 is 0.895 bits per heavy atom. The minimum Gasteiger partial charge on any atom is -0.495 e. The van der Waals surface area contributed by atoms with Crippen molar-refractivity contribution in [2.75, 3.05) is 78.0 Å². The number of ether oxygens (including phenoxy) is 4. The standard InChI is InChI=1S/C25H33N5O7S/c1-18-20(15-26)25(38-24(18)16-27)29-28-21-14-23(34-2)22(13-19(21)17-33)30(3-7-35-9-5-31)4-8-36-11-12-37-10-6-32/h13-14,31-33H,3-12,17H2,1-2H3. The van der Waals surface area contributed by atoms with Gasteiger partial charge in [0.2, 0.25) is 0 Å². The van der Waals surface area contributed by atoms with Crippen molar-refractivity contribution >= 4 is 27.7 Å². The van der Waals surface area contributed by atoms with Crippen molar-refractivity contribution < 1.29 is 34.3 Å². The molecular formula is C25H33N5O7S. The molecule has 2 aromatic rings. The summed E-state index contributed by atoms with van der Waals surface area (Å²) >= 11 is 1.08. The molecule has 1 heterocycles. The number of thiophene rings is 1. The van der Waals surface area contributed by atoms with Gasteiger partial charge in [0.15, 0.2) is 5.00 Å². The van der Waals surface area contributed by atoms with Crippen LogP contribution in [-0.2, 0) is 20.8 Å². The highest BCUT2D eigenvalue weighted by molar-refractivity contribution is 7.16. The number of nitrogens with zero attached hydrogens (tertiary/aromatic N) is 5. The molecule has 2 rings (SSSR count). The van der Waals surface area contributed by atoms with E-state index in [9.17, 15) is 15.6 Å². The lowest BCUT2D eigenvalue weighted by atomic mass is 10.1. The van der Waals surface area contributed by atoms with Crippen molar-refractivity contribution in [3.05, 3.63) is 33.7 Å². The summed E-state index contributed by atoms with van der Waals surface area (Å²) in [6.45, 7) is 4.10. The summed E-state index contributed by atoms with van der Waals surface area (Å²) in [7, 11) is 1.52. The van der Waals surface area contributed by atoms with Crippen LogP contribution in [0.15, 0.2) is 22.4 Å². The highest BCUT2D eigenvalue weighted by Gasteiger charge is 2.18. The van der Waals surface area contributed by atoms with Crippen molar-refractivity contribution in [1.82, 2.24) is 0 Å². The first-order valence-electron chi connectivity index (χ1n) is 11.9. The van der Waals surface area contributed by atoms with E-state index in [-0.39, 0.29) is 33.0 Å². The molecule has 0 saturated heterocycles. The van der Waals surface area contributed by atoms with Crippen LogP contribution in [0, 0.1) is 29.6 Å². The van der Waals surface area contributed by atoms with Crippen molar-refractivity contribution in [2.24, 2.45) is 10.2 Å². The van der Waals surface area contributed by atoms with Gasteiger partial charge in [-0.25, -0.2) is 0 Å². The smallest absolute Gasteiger partial charge is 0.158 e. The van der Waals surface area contributed by atoms with Crippen LogP contribution in [0.3, 0.4) is 0 Å². The normalized spacial score (nSPS) is 11.0. The predicted octanol–water partition coefficient (Wildman–Crippen LogP) is 2.56. The molecule has 1 aromatic heterocycles. The molecule has 0 aliphatic carbocycles. The maximum absolute atomic E-state index is 10.1. The highest BCUT2D eigenvalue weighted by Crippen LogP contribution is 2.39. The van der Waals surface area contributed by atoms with Crippen molar-refractivity contribution in [2.45, 2.75) is 13.5 Å². The van der Waals surface area contributed by atoms with Crippen LogP contribution in [-0.4, -0.2) is 88.4 Å². The molecule has 206 valence electrons. The minimum absolute atomic E-state index is 0.0441. The van der Waals surface area contributed by atoms with Crippen LogP contribution in [0.1, 0.15) is 21.6 Å². The molecule has 0 aliphatic rings. The third-order valence-electron chi connectivity index (χ3n) is 5.34. The van der Waals surface area contributed by atoms with Crippen molar-refractivity contribution in [3.8, 4) is 17.9 Å². The van der Waals surface area contributed by atoms with E-state index in [1.54, 1.807) is 19.1 Å². The van der Waals surface area contributed by atoms with Gasteiger partial charge in [-0.1, -0.05) is 0 Å². The Morgan fingerprint density at radius 2 is 1.53 bits per heavy atom. The Bertz CT molecular complexity index is 1130. The Morgan fingerprint density at radius 3 is 2.08 bits per heavy atom. The van der Waals surface area contributed by atoms with E-state index in [0.29, 0.717) is 83.2 Å². The van der Waals surface area contributed by atoms with Crippen LogP contribution in [0.25, 0.3) is 0 Å². The first kappa shape index (κ1) is 31.1. The largest absolute Gasteiger partial charge is 0.495 e. The number of hydrogen-bond acceptors (Lipinski definition) is 13. The van der Waals surface area contributed by atoms with Crippen molar-refractivity contribution in [1.29, 1.82) is 10.5 Å². The number of azo groups is 1. The van der Waals surface area contributed by atoms with E-state index in [1.807, 2.05) is 4.90 Å². The van der Waals surface area contributed by atoms with Crippen LogP contribution >= 0.6 is 11.3 Å².